The Morgan fingerprint density at radius 1 is 1.53 bits per heavy atom. The van der Waals surface area contributed by atoms with E-state index in [0.29, 0.717) is 18.6 Å². The molecule has 1 aliphatic rings. The van der Waals surface area contributed by atoms with Gasteiger partial charge in [0.05, 0.1) is 18.5 Å². The predicted octanol–water partition coefficient (Wildman–Crippen LogP) is 2.12. The lowest BCUT2D eigenvalue weighted by molar-refractivity contribution is -0.124. The van der Waals surface area contributed by atoms with Crippen molar-refractivity contribution >= 4 is 5.78 Å². The van der Waals surface area contributed by atoms with Gasteiger partial charge in [0.25, 0.3) is 0 Å². The molecule has 0 N–H and O–H groups in total. The largest absolute Gasteiger partial charge is 0.298 e. The van der Waals surface area contributed by atoms with E-state index < -0.39 is 0 Å². The van der Waals surface area contributed by atoms with Crippen LogP contribution in [0.2, 0.25) is 0 Å². The van der Waals surface area contributed by atoms with Gasteiger partial charge in [0.15, 0.2) is 0 Å². The third-order valence-corrected chi connectivity index (χ3v) is 3.35. The smallest absolute Gasteiger partial charge is 0.149 e. The van der Waals surface area contributed by atoms with Crippen molar-refractivity contribution in [3.05, 3.63) is 0 Å². The molecule has 0 bridgehead atoms. The van der Waals surface area contributed by atoms with Gasteiger partial charge >= 0.3 is 0 Å². The molecule has 0 aromatic carbocycles. The van der Waals surface area contributed by atoms with Crippen LogP contribution in [0.15, 0.2) is 0 Å². The van der Waals surface area contributed by atoms with Crippen molar-refractivity contribution in [3.63, 3.8) is 0 Å². The summed E-state index contributed by atoms with van der Waals surface area (Å²) in [4.78, 5) is 13.9. The van der Waals surface area contributed by atoms with Gasteiger partial charge in [-0.15, -0.1) is 0 Å². The quantitative estimate of drug-likeness (QED) is 0.667. The molecule has 0 aromatic rings. The average molecular weight is 208 g/mol. The molecule has 0 aliphatic heterocycles. The second-order valence-electron chi connectivity index (χ2n) is 4.46. The van der Waals surface area contributed by atoms with E-state index in [1.165, 1.54) is 6.42 Å². The Balaban J connectivity index is 2.59. The van der Waals surface area contributed by atoms with Crippen LogP contribution >= 0.6 is 0 Å². The number of Topliss-reactive ketones (excluding diaryl/α,β-unsaturated/α-hetero) is 1. The van der Waals surface area contributed by atoms with Gasteiger partial charge in [-0.05, 0) is 26.8 Å². The molecule has 2 atom stereocenters. The third-order valence-electron chi connectivity index (χ3n) is 3.35. The fourth-order valence-corrected chi connectivity index (χ4v) is 2.16. The second kappa shape index (κ2) is 5.87. The van der Waals surface area contributed by atoms with E-state index >= 15 is 0 Å². The van der Waals surface area contributed by atoms with E-state index in [4.69, 9.17) is 5.26 Å². The first kappa shape index (κ1) is 12.2. The SMILES string of the molecule is CC(CC#N)N(C)C1CCCCCC1=O. The molecule has 0 saturated heterocycles. The number of hydrogen-bond acceptors (Lipinski definition) is 3. The van der Waals surface area contributed by atoms with Gasteiger partial charge in [-0.2, -0.15) is 5.26 Å². The van der Waals surface area contributed by atoms with Crippen LogP contribution in [-0.4, -0.2) is 29.8 Å². The summed E-state index contributed by atoms with van der Waals surface area (Å²) in [6.07, 6.45) is 5.53. The molecule has 3 heteroatoms. The highest BCUT2D eigenvalue weighted by atomic mass is 16.1. The lowest BCUT2D eigenvalue weighted by atomic mass is 10.0. The zero-order valence-corrected chi connectivity index (χ0v) is 9.70. The number of rotatable bonds is 3. The summed E-state index contributed by atoms with van der Waals surface area (Å²) in [6, 6.07) is 2.40. The number of carbonyl (C=O) groups excluding carboxylic acids is 1. The second-order valence-corrected chi connectivity index (χ2v) is 4.46. The molecule has 1 aliphatic carbocycles. The highest BCUT2D eigenvalue weighted by Crippen LogP contribution is 2.20. The number of likely N-dealkylation sites (N-methyl/N-ethyl adjacent to an activating group) is 1. The van der Waals surface area contributed by atoms with Crippen LogP contribution in [0.3, 0.4) is 0 Å². The van der Waals surface area contributed by atoms with Gasteiger partial charge in [-0.3, -0.25) is 9.69 Å². The van der Waals surface area contributed by atoms with Crippen LogP contribution in [0, 0.1) is 11.3 Å². The summed E-state index contributed by atoms with van der Waals surface area (Å²) in [5.74, 6) is 0.361. The highest BCUT2D eigenvalue weighted by molar-refractivity contribution is 5.84. The monoisotopic (exact) mass is 208 g/mol. The van der Waals surface area contributed by atoms with Gasteiger partial charge < -0.3 is 0 Å². The molecule has 0 radical (unpaired) electrons. The average Bonchev–Trinajstić information content (AvgIpc) is 2.42. The third kappa shape index (κ3) is 3.32. The van der Waals surface area contributed by atoms with Crippen LogP contribution in [0.4, 0.5) is 0 Å². The van der Waals surface area contributed by atoms with Crippen molar-refractivity contribution in [1.29, 1.82) is 5.26 Å². The van der Waals surface area contributed by atoms with Crippen molar-refractivity contribution in [2.75, 3.05) is 7.05 Å². The van der Waals surface area contributed by atoms with Crippen LogP contribution in [-0.2, 0) is 4.79 Å². The van der Waals surface area contributed by atoms with Gasteiger partial charge in [-0.1, -0.05) is 12.8 Å². The maximum absolute atomic E-state index is 11.8. The van der Waals surface area contributed by atoms with E-state index in [0.717, 1.165) is 19.3 Å². The predicted molar refractivity (Wildman–Crippen MR) is 59.3 cm³/mol. The van der Waals surface area contributed by atoms with Crippen molar-refractivity contribution in [2.24, 2.45) is 0 Å². The van der Waals surface area contributed by atoms with E-state index in [-0.39, 0.29) is 12.1 Å². The van der Waals surface area contributed by atoms with Crippen molar-refractivity contribution < 1.29 is 4.79 Å². The number of nitriles is 1. The highest BCUT2D eigenvalue weighted by Gasteiger charge is 2.27. The van der Waals surface area contributed by atoms with Crippen LogP contribution in [0.25, 0.3) is 0 Å². The Kier molecular flexibility index (Phi) is 4.77. The minimum absolute atomic E-state index is 0.0517. The van der Waals surface area contributed by atoms with E-state index in [1.807, 2.05) is 14.0 Å². The Labute approximate surface area is 92.1 Å². The maximum atomic E-state index is 11.8. The summed E-state index contributed by atoms with van der Waals surface area (Å²) in [5, 5.41) is 8.64. The lowest BCUT2D eigenvalue weighted by Crippen LogP contribution is -2.43. The molecule has 3 nitrogen and oxygen atoms in total. The molecule has 0 spiro atoms. The van der Waals surface area contributed by atoms with Gasteiger partial charge in [-0.25, -0.2) is 0 Å². The Morgan fingerprint density at radius 2 is 2.27 bits per heavy atom. The summed E-state index contributed by atoms with van der Waals surface area (Å²) < 4.78 is 0. The topological polar surface area (TPSA) is 44.1 Å². The summed E-state index contributed by atoms with van der Waals surface area (Å²) in [6.45, 7) is 2.02. The number of carbonyl (C=O) groups is 1. The summed E-state index contributed by atoms with van der Waals surface area (Å²) in [5.41, 5.74) is 0. The first-order chi connectivity index (χ1) is 7.16. The van der Waals surface area contributed by atoms with Crippen molar-refractivity contribution in [2.45, 2.75) is 57.5 Å². The van der Waals surface area contributed by atoms with Crippen molar-refractivity contribution in [1.82, 2.24) is 4.90 Å². The lowest BCUT2D eigenvalue weighted by Gasteiger charge is -2.30. The number of ketones is 1. The van der Waals surface area contributed by atoms with Crippen molar-refractivity contribution in [3.8, 4) is 6.07 Å². The van der Waals surface area contributed by atoms with Gasteiger partial charge in [0.2, 0.25) is 0 Å². The Bertz CT molecular complexity index is 257. The summed E-state index contributed by atoms with van der Waals surface area (Å²) >= 11 is 0. The molecule has 2 unspecified atom stereocenters. The van der Waals surface area contributed by atoms with Gasteiger partial charge in [0, 0.05) is 12.5 Å². The zero-order chi connectivity index (χ0) is 11.3. The standard InChI is InChI=1S/C12H20N2O/c1-10(8-9-13)14(2)11-6-4-3-5-7-12(11)15/h10-11H,3-8H2,1-2H3. The number of hydrogen-bond donors (Lipinski definition) is 0. The molecule has 1 fully saturated rings. The maximum Gasteiger partial charge on any atom is 0.149 e. The van der Waals surface area contributed by atoms with Crippen LogP contribution in [0.5, 0.6) is 0 Å². The first-order valence-corrected chi connectivity index (χ1v) is 5.78. The number of nitrogens with zero attached hydrogens (tertiary/aromatic N) is 2. The normalized spacial score (nSPS) is 24.7. The molecular formula is C12H20N2O. The molecule has 0 amide bonds. The minimum Gasteiger partial charge on any atom is -0.298 e. The first-order valence-electron chi connectivity index (χ1n) is 5.78. The molecular weight excluding hydrogens is 188 g/mol. The minimum atomic E-state index is 0.0517. The van der Waals surface area contributed by atoms with Gasteiger partial charge in [0.1, 0.15) is 5.78 Å². The summed E-state index contributed by atoms with van der Waals surface area (Å²) in [7, 11) is 1.97. The van der Waals surface area contributed by atoms with Crippen LogP contribution in [0.1, 0.15) is 45.4 Å². The Morgan fingerprint density at radius 3 is 2.93 bits per heavy atom. The fraction of sp³-hybridized carbons (Fsp3) is 0.833. The molecule has 1 rings (SSSR count). The molecule has 15 heavy (non-hydrogen) atoms. The van der Waals surface area contributed by atoms with E-state index in [2.05, 4.69) is 11.0 Å². The molecule has 0 aromatic heterocycles. The van der Waals surface area contributed by atoms with E-state index in [1.54, 1.807) is 0 Å². The van der Waals surface area contributed by atoms with E-state index in [9.17, 15) is 4.79 Å². The molecule has 84 valence electrons. The molecule has 0 heterocycles. The Hall–Kier alpha value is -0.880. The van der Waals surface area contributed by atoms with Crippen LogP contribution < -0.4 is 0 Å². The fourth-order valence-electron chi connectivity index (χ4n) is 2.16. The zero-order valence-electron chi connectivity index (χ0n) is 9.70. The molecule has 1 saturated carbocycles.